The van der Waals surface area contributed by atoms with Crippen molar-refractivity contribution in [3.8, 4) is 0 Å². The first-order valence-electron chi connectivity index (χ1n) is 7.61. The molecular formula is C17H23N3S. The van der Waals surface area contributed by atoms with Gasteiger partial charge in [-0.3, -0.25) is 9.80 Å². The van der Waals surface area contributed by atoms with Crippen LogP contribution in [0.2, 0.25) is 0 Å². The lowest BCUT2D eigenvalue weighted by atomic mass is 10.1. The largest absolute Gasteiger partial charge is 0.297 e. The van der Waals surface area contributed by atoms with Gasteiger partial charge in [0, 0.05) is 44.6 Å². The Bertz CT molecular complexity index is 585. The third kappa shape index (κ3) is 3.90. The van der Waals surface area contributed by atoms with Gasteiger partial charge in [-0.05, 0) is 25.0 Å². The molecule has 1 saturated heterocycles. The lowest BCUT2D eigenvalue weighted by molar-refractivity contribution is 0.121. The zero-order valence-corrected chi connectivity index (χ0v) is 13.7. The van der Waals surface area contributed by atoms with E-state index in [4.69, 9.17) is 0 Å². The van der Waals surface area contributed by atoms with Gasteiger partial charge in [0.05, 0.1) is 10.7 Å². The first-order chi connectivity index (χ1) is 10.2. The quantitative estimate of drug-likeness (QED) is 0.865. The summed E-state index contributed by atoms with van der Waals surface area (Å²) in [6, 6.07) is 8.71. The maximum atomic E-state index is 4.57. The van der Waals surface area contributed by atoms with E-state index in [2.05, 4.69) is 58.3 Å². The van der Waals surface area contributed by atoms with Gasteiger partial charge in [0.25, 0.3) is 0 Å². The third-order valence-electron chi connectivity index (χ3n) is 4.17. The molecule has 0 unspecified atom stereocenters. The Balaban J connectivity index is 1.50. The van der Waals surface area contributed by atoms with Crippen molar-refractivity contribution in [1.82, 2.24) is 14.8 Å². The molecule has 4 heteroatoms. The molecule has 3 nitrogen and oxygen atoms in total. The monoisotopic (exact) mass is 301 g/mol. The molecule has 1 aromatic heterocycles. The van der Waals surface area contributed by atoms with Gasteiger partial charge in [0.1, 0.15) is 0 Å². The fraction of sp³-hybridized carbons (Fsp3) is 0.471. The number of aryl methyl sites for hydroxylation is 2. The molecule has 3 rings (SSSR count). The van der Waals surface area contributed by atoms with Crippen molar-refractivity contribution in [3.05, 3.63) is 51.5 Å². The van der Waals surface area contributed by atoms with Crippen molar-refractivity contribution in [3.63, 3.8) is 0 Å². The smallest absolute Gasteiger partial charge is 0.0897 e. The van der Waals surface area contributed by atoms with Crippen molar-refractivity contribution in [2.45, 2.75) is 26.9 Å². The van der Waals surface area contributed by atoms with Crippen molar-refractivity contribution in [2.24, 2.45) is 0 Å². The van der Waals surface area contributed by atoms with Crippen molar-refractivity contribution < 1.29 is 0 Å². The highest BCUT2D eigenvalue weighted by molar-refractivity contribution is 7.09. The summed E-state index contributed by atoms with van der Waals surface area (Å²) in [6.07, 6.45) is 0. The van der Waals surface area contributed by atoms with Gasteiger partial charge in [-0.25, -0.2) is 4.98 Å². The average molecular weight is 301 g/mol. The van der Waals surface area contributed by atoms with Crippen LogP contribution in [0.1, 0.15) is 21.8 Å². The summed E-state index contributed by atoms with van der Waals surface area (Å²) in [4.78, 5) is 9.64. The van der Waals surface area contributed by atoms with E-state index < -0.39 is 0 Å². The van der Waals surface area contributed by atoms with E-state index in [0.29, 0.717) is 0 Å². The standard InChI is InChI=1S/C17H23N3S/c1-14-5-3-4-6-16(14)11-19-7-9-20(10-8-19)12-17-13-21-15(2)18-17/h3-6,13H,7-12H2,1-2H3. The summed E-state index contributed by atoms with van der Waals surface area (Å²) in [6.45, 7) is 10.9. The van der Waals surface area contributed by atoms with Gasteiger partial charge in [0.15, 0.2) is 0 Å². The molecule has 0 radical (unpaired) electrons. The Labute approximate surface area is 131 Å². The minimum absolute atomic E-state index is 1.00. The first kappa shape index (κ1) is 14.7. The SMILES string of the molecule is Cc1nc(CN2CCN(Cc3ccccc3C)CC2)cs1. The fourth-order valence-electron chi connectivity index (χ4n) is 2.84. The zero-order chi connectivity index (χ0) is 14.7. The van der Waals surface area contributed by atoms with Crippen LogP contribution in [0, 0.1) is 13.8 Å². The summed E-state index contributed by atoms with van der Waals surface area (Å²) >= 11 is 1.75. The van der Waals surface area contributed by atoms with Gasteiger partial charge < -0.3 is 0 Å². The number of thiazole rings is 1. The van der Waals surface area contributed by atoms with E-state index in [1.165, 1.54) is 21.8 Å². The summed E-state index contributed by atoms with van der Waals surface area (Å²) in [5, 5.41) is 3.36. The van der Waals surface area contributed by atoms with Gasteiger partial charge >= 0.3 is 0 Å². The van der Waals surface area contributed by atoms with E-state index in [1.807, 2.05) is 0 Å². The van der Waals surface area contributed by atoms with Gasteiger partial charge in [0.2, 0.25) is 0 Å². The van der Waals surface area contributed by atoms with Crippen LogP contribution in [0.25, 0.3) is 0 Å². The number of nitrogens with zero attached hydrogens (tertiary/aromatic N) is 3. The zero-order valence-electron chi connectivity index (χ0n) is 12.9. The maximum absolute atomic E-state index is 4.57. The molecule has 0 saturated carbocycles. The predicted molar refractivity (Wildman–Crippen MR) is 88.6 cm³/mol. The Kier molecular flexibility index (Phi) is 4.68. The molecule has 2 aromatic rings. The molecule has 1 fully saturated rings. The molecular weight excluding hydrogens is 278 g/mol. The molecule has 1 aliphatic rings. The Morgan fingerprint density at radius 1 is 1.00 bits per heavy atom. The molecule has 0 N–H and O–H groups in total. The second kappa shape index (κ2) is 6.69. The number of piperazine rings is 1. The molecule has 1 aromatic carbocycles. The summed E-state index contributed by atoms with van der Waals surface area (Å²) in [7, 11) is 0. The van der Waals surface area contributed by atoms with Crippen LogP contribution in [0.5, 0.6) is 0 Å². The van der Waals surface area contributed by atoms with E-state index >= 15 is 0 Å². The molecule has 0 amide bonds. The van der Waals surface area contributed by atoms with Crippen LogP contribution in [-0.4, -0.2) is 41.0 Å². The number of hydrogen-bond donors (Lipinski definition) is 0. The van der Waals surface area contributed by atoms with Crippen LogP contribution in [0.15, 0.2) is 29.6 Å². The summed E-state index contributed by atoms with van der Waals surface area (Å²) in [5.74, 6) is 0. The Morgan fingerprint density at radius 3 is 2.29 bits per heavy atom. The van der Waals surface area contributed by atoms with Crippen molar-refractivity contribution in [2.75, 3.05) is 26.2 Å². The average Bonchev–Trinajstić information content (AvgIpc) is 2.89. The molecule has 0 aliphatic carbocycles. The Hall–Kier alpha value is -1.23. The highest BCUT2D eigenvalue weighted by atomic mass is 32.1. The number of hydrogen-bond acceptors (Lipinski definition) is 4. The van der Waals surface area contributed by atoms with E-state index in [0.717, 1.165) is 39.3 Å². The predicted octanol–water partition coefficient (Wildman–Crippen LogP) is 3.08. The first-order valence-corrected chi connectivity index (χ1v) is 8.49. The van der Waals surface area contributed by atoms with Gasteiger partial charge in [-0.15, -0.1) is 11.3 Å². The Morgan fingerprint density at radius 2 is 1.67 bits per heavy atom. The van der Waals surface area contributed by atoms with Gasteiger partial charge in [-0.2, -0.15) is 0 Å². The van der Waals surface area contributed by atoms with E-state index in [9.17, 15) is 0 Å². The summed E-state index contributed by atoms with van der Waals surface area (Å²) in [5.41, 5.74) is 4.09. The minimum atomic E-state index is 1.00. The lowest BCUT2D eigenvalue weighted by Crippen LogP contribution is -2.45. The maximum Gasteiger partial charge on any atom is 0.0897 e. The molecule has 21 heavy (non-hydrogen) atoms. The number of benzene rings is 1. The van der Waals surface area contributed by atoms with Crippen LogP contribution in [-0.2, 0) is 13.1 Å². The molecule has 1 aliphatic heterocycles. The molecule has 112 valence electrons. The highest BCUT2D eigenvalue weighted by Gasteiger charge is 2.18. The van der Waals surface area contributed by atoms with Crippen LogP contribution < -0.4 is 0 Å². The van der Waals surface area contributed by atoms with Gasteiger partial charge in [-0.1, -0.05) is 24.3 Å². The molecule has 0 spiro atoms. The van der Waals surface area contributed by atoms with Crippen LogP contribution >= 0.6 is 11.3 Å². The molecule has 0 atom stereocenters. The lowest BCUT2D eigenvalue weighted by Gasteiger charge is -2.34. The number of rotatable bonds is 4. The molecule has 2 heterocycles. The second-order valence-corrected chi connectivity index (χ2v) is 6.90. The van der Waals surface area contributed by atoms with Crippen molar-refractivity contribution >= 4 is 11.3 Å². The normalized spacial score (nSPS) is 17.2. The summed E-state index contributed by atoms with van der Waals surface area (Å²) < 4.78 is 0. The second-order valence-electron chi connectivity index (χ2n) is 5.84. The van der Waals surface area contributed by atoms with E-state index in [1.54, 1.807) is 11.3 Å². The van der Waals surface area contributed by atoms with E-state index in [-0.39, 0.29) is 0 Å². The van der Waals surface area contributed by atoms with Crippen LogP contribution in [0.4, 0.5) is 0 Å². The molecule has 0 bridgehead atoms. The van der Waals surface area contributed by atoms with Crippen molar-refractivity contribution in [1.29, 1.82) is 0 Å². The minimum Gasteiger partial charge on any atom is -0.297 e. The topological polar surface area (TPSA) is 19.4 Å². The number of aromatic nitrogens is 1. The van der Waals surface area contributed by atoms with Crippen LogP contribution in [0.3, 0.4) is 0 Å². The fourth-order valence-corrected chi connectivity index (χ4v) is 3.45. The third-order valence-corrected chi connectivity index (χ3v) is 4.99. The highest BCUT2D eigenvalue weighted by Crippen LogP contribution is 2.15.